The van der Waals surface area contributed by atoms with Gasteiger partial charge in [-0.15, -0.1) is 0 Å². The number of hydrogen-bond acceptors (Lipinski definition) is 5. The molecule has 3 aromatic carbocycles. The first-order chi connectivity index (χ1) is 16.3. The number of nitrogens with one attached hydrogen (secondary N) is 2. The van der Waals surface area contributed by atoms with Crippen LogP contribution < -0.4 is 14.3 Å². The number of sulfonamides is 2. The predicted octanol–water partition coefficient (Wildman–Crippen LogP) is 4.21. The molecule has 0 saturated heterocycles. The minimum absolute atomic E-state index is 0.0259. The second kappa shape index (κ2) is 10.1. The van der Waals surface area contributed by atoms with Crippen molar-refractivity contribution >= 4 is 43.0 Å². The third kappa shape index (κ3) is 6.40. The second-order valence-electron chi connectivity index (χ2n) is 8.49. The first-order valence-electron chi connectivity index (χ1n) is 10.8. The molecule has 10 heteroatoms. The van der Waals surface area contributed by atoms with Gasteiger partial charge in [-0.2, -0.15) is 0 Å². The molecule has 1 amide bonds. The van der Waals surface area contributed by atoms with Crippen LogP contribution in [0.4, 0.5) is 17.1 Å². The second-order valence-corrected chi connectivity index (χ2v) is 12.0. The maximum absolute atomic E-state index is 12.9. The average molecular weight is 516 g/mol. The summed E-state index contributed by atoms with van der Waals surface area (Å²) in [5, 5.41) is 2.67. The zero-order valence-electron chi connectivity index (χ0n) is 20.2. The van der Waals surface area contributed by atoms with Crippen LogP contribution in [0.2, 0.25) is 0 Å². The summed E-state index contributed by atoms with van der Waals surface area (Å²) in [4.78, 5) is 13.0. The van der Waals surface area contributed by atoms with Gasteiger partial charge in [0.2, 0.25) is 15.9 Å². The Morgan fingerprint density at radius 1 is 0.829 bits per heavy atom. The van der Waals surface area contributed by atoms with Gasteiger partial charge in [0.1, 0.15) is 6.04 Å². The number of carbonyl (C=O) groups is 1. The topological polar surface area (TPSA) is 113 Å². The molecule has 0 aliphatic heterocycles. The highest BCUT2D eigenvalue weighted by atomic mass is 32.2. The monoisotopic (exact) mass is 515 g/mol. The highest BCUT2D eigenvalue weighted by Gasteiger charge is 2.29. The van der Waals surface area contributed by atoms with E-state index in [-0.39, 0.29) is 4.90 Å². The Morgan fingerprint density at radius 3 is 2.06 bits per heavy atom. The van der Waals surface area contributed by atoms with E-state index in [1.807, 2.05) is 26.8 Å². The number of anilines is 3. The zero-order valence-corrected chi connectivity index (χ0v) is 21.9. The highest BCUT2D eigenvalue weighted by Crippen LogP contribution is 2.25. The van der Waals surface area contributed by atoms with Crippen LogP contribution in [0.3, 0.4) is 0 Å². The van der Waals surface area contributed by atoms with Crippen molar-refractivity contribution in [3.8, 4) is 0 Å². The van der Waals surface area contributed by atoms with E-state index >= 15 is 0 Å². The third-order valence-electron chi connectivity index (χ3n) is 5.54. The average Bonchev–Trinajstić information content (AvgIpc) is 2.75. The quantitative estimate of drug-likeness (QED) is 0.467. The summed E-state index contributed by atoms with van der Waals surface area (Å²) in [6.45, 7) is 7.14. The van der Waals surface area contributed by atoms with Gasteiger partial charge in [-0.25, -0.2) is 16.8 Å². The Hall–Kier alpha value is -3.37. The number of hydrogen-bond donors (Lipinski definition) is 2. The van der Waals surface area contributed by atoms with Crippen molar-refractivity contribution in [2.24, 2.45) is 0 Å². The molecule has 1 atom stereocenters. The molecule has 35 heavy (non-hydrogen) atoms. The maximum Gasteiger partial charge on any atom is 0.261 e. The predicted molar refractivity (Wildman–Crippen MR) is 140 cm³/mol. The van der Waals surface area contributed by atoms with E-state index in [9.17, 15) is 21.6 Å². The molecule has 0 spiro atoms. The standard InChI is InChI=1S/C25H29N3O5S2/c1-17-7-6-8-22(15-17)27-35(32,33)24-13-10-21(11-14-24)26-25(29)20(4)28(34(5,30)31)23-12-9-18(2)19(3)16-23/h6-16,20,27H,1-5H3,(H,26,29)/t20-/m1/s1. The van der Waals surface area contributed by atoms with Crippen molar-refractivity contribution in [1.29, 1.82) is 0 Å². The lowest BCUT2D eigenvalue weighted by Crippen LogP contribution is -2.45. The third-order valence-corrected chi connectivity index (χ3v) is 8.17. The van der Waals surface area contributed by atoms with Gasteiger partial charge >= 0.3 is 0 Å². The number of benzene rings is 3. The normalized spacial score (nSPS) is 12.6. The van der Waals surface area contributed by atoms with Crippen LogP contribution in [-0.4, -0.2) is 35.0 Å². The number of carbonyl (C=O) groups excluding carboxylic acids is 1. The lowest BCUT2D eigenvalue weighted by molar-refractivity contribution is -0.116. The lowest BCUT2D eigenvalue weighted by Gasteiger charge is -2.28. The van der Waals surface area contributed by atoms with Crippen molar-refractivity contribution in [2.75, 3.05) is 20.6 Å². The fourth-order valence-electron chi connectivity index (χ4n) is 3.56. The van der Waals surface area contributed by atoms with Crippen molar-refractivity contribution < 1.29 is 21.6 Å². The van der Waals surface area contributed by atoms with Gasteiger partial charge in [0.05, 0.1) is 16.8 Å². The Morgan fingerprint density at radius 2 is 1.49 bits per heavy atom. The fraction of sp³-hybridized carbons (Fsp3) is 0.240. The molecule has 0 heterocycles. The van der Waals surface area contributed by atoms with Crippen LogP contribution in [0.5, 0.6) is 0 Å². The number of amides is 1. The van der Waals surface area contributed by atoms with Gasteiger partial charge in [0.15, 0.2) is 0 Å². The molecule has 0 bridgehead atoms. The van der Waals surface area contributed by atoms with E-state index in [4.69, 9.17) is 0 Å². The van der Waals surface area contributed by atoms with Gasteiger partial charge in [-0.1, -0.05) is 18.2 Å². The molecule has 0 radical (unpaired) electrons. The lowest BCUT2D eigenvalue weighted by atomic mass is 10.1. The van der Waals surface area contributed by atoms with Crippen LogP contribution in [-0.2, 0) is 24.8 Å². The van der Waals surface area contributed by atoms with E-state index in [2.05, 4.69) is 10.0 Å². The molecule has 0 aliphatic rings. The van der Waals surface area contributed by atoms with E-state index in [1.54, 1.807) is 36.4 Å². The van der Waals surface area contributed by atoms with E-state index in [0.29, 0.717) is 17.1 Å². The summed E-state index contributed by atoms with van der Waals surface area (Å²) in [5.74, 6) is -0.554. The molecule has 0 fully saturated rings. The minimum Gasteiger partial charge on any atom is -0.324 e. The first-order valence-corrected chi connectivity index (χ1v) is 14.2. The molecule has 186 valence electrons. The van der Waals surface area contributed by atoms with Crippen molar-refractivity contribution in [1.82, 2.24) is 0 Å². The SMILES string of the molecule is Cc1cccc(NS(=O)(=O)c2ccc(NC(=O)[C@@H](C)N(c3ccc(C)c(C)c3)S(C)(=O)=O)cc2)c1. The van der Waals surface area contributed by atoms with Gasteiger partial charge in [-0.3, -0.25) is 13.8 Å². The Bertz CT molecular complexity index is 1450. The summed E-state index contributed by atoms with van der Waals surface area (Å²) in [6.07, 6.45) is 1.05. The highest BCUT2D eigenvalue weighted by molar-refractivity contribution is 7.92. The summed E-state index contributed by atoms with van der Waals surface area (Å²) in [7, 11) is -7.58. The molecule has 0 unspecified atom stereocenters. The molecule has 0 aliphatic carbocycles. The summed E-state index contributed by atoms with van der Waals surface area (Å²) in [5.41, 5.74) is 4.00. The Labute approximate surface area is 207 Å². The van der Waals surface area contributed by atoms with Crippen molar-refractivity contribution in [3.05, 3.63) is 83.4 Å². The molecule has 8 nitrogen and oxygen atoms in total. The van der Waals surface area contributed by atoms with Gasteiger partial charge in [0.25, 0.3) is 10.0 Å². The molecular weight excluding hydrogens is 486 g/mol. The summed E-state index contributed by atoms with van der Waals surface area (Å²) in [6, 6.07) is 16.8. The molecule has 3 rings (SSSR count). The molecule has 0 saturated carbocycles. The molecular formula is C25H29N3O5S2. The van der Waals surface area contributed by atoms with Crippen molar-refractivity contribution in [3.63, 3.8) is 0 Å². The first kappa shape index (κ1) is 26.2. The van der Waals surface area contributed by atoms with Gasteiger partial charge < -0.3 is 5.32 Å². The molecule has 0 aromatic heterocycles. The molecule has 2 N–H and O–H groups in total. The van der Waals surface area contributed by atoms with E-state index < -0.39 is 32.0 Å². The van der Waals surface area contributed by atoms with Gasteiger partial charge in [0, 0.05) is 11.4 Å². The van der Waals surface area contributed by atoms with Crippen LogP contribution in [0.15, 0.2) is 71.6 Å². The zero-order chi connectivity index (χ0) is 26.0. The Kier molecular flexibility index (Phi) is 7.56. The molecule has 3 aromatic rings. The number of rotatable bonds is 8. The minimum atomic E-state index is -3.82. The van der Waals surface area contributed by atoms with Crippen LogP contribution in [0.25, 0.3) is 0 Å². The van der Waals surface area contributed by atoms with E-state index in [0.717, 1.165) is 27.3 Å². The smallest absolute Gasteiger partial charge is 0.261 e. The van der Waals surface area contributed by atoms with Crippen molar-refractivity contribution in [2.45, 2.75) is 38.6 Å². The van der Waals surface area contributed by atoms with E-state index in [1.165, 1.54) is 31.2 Å². The summed E-state index contributed by atoms with van der Waals surface area (Å²) < 4.78 is 54.0. The van der Waals surface area contributed by atoms with Crippen LogP contribution in [0.1, 0.15) is 23.6 Å². The number of nitrogens with zero attached hydrogens (tertiary/aromatic N) is 1. The maximum atomic E-state index is 12.9. The van der Waals surface area contributed by atoms with Crippen LogP contribution >= 0.6 is 0 Å². The number of aryl methyl sites for hydroxylation is 3. The largest absolute Gasteiger partial charge is 0.324 e. The van der Waals surface area contributed by atoms with Gasteiger partial charge in [-0.05, 0) is 92.9 Å². The van der Waals surface area contributed by atoms with Crippen LogP contribution in [0, 0.1) is 20.8 Å². The fourth-order valence-corrected chi connectivity index (χ4v) is 5.77. The Balaban J connectivity index is 1.78. The summed E-state index contributed by atoms with van der Waals surface area (Å²) >= 11 is 0.